The molecule has 0 aromatic carbocycles. The Labute approximate surface area is 187 Å². The molecule has 6 nitrogen and oxygen atoms in total. The summed E-state index contributed by atoms with van der Waals surface area (Å²) in [5.41, 5.74) is 3.95. The highest BCUT2D eigenvalue weighted by Crippen LogP contribution is 2.35. The molecular formula is C24H29ClN4O2. The lowest BCUT2D eigenvalue weighted by Gasteiger charge is -2.26. The molecule has 3 aromatic heterocycles. The van der Waals surface area contributed by atoms with Gasteiger partial charge in [0.1, 0.15) is 5.69 Å². The van der Waals surface area contributed by atoms with Crippen molar-refractivity contribution >= 4 is 28.6 Å². The van der Waals surface area contributed by atoms with Gasteiger partial charge < -0.3 is 9.67 Å². The lowest BCUT2D eigenvalue weighted by Crippen LogP contribution is -2.17. The van der Waals surface area contributed by atoms with E-state index in [0.29, 0.717) is 28.1 Å². The van der Waals surface area contributed by atoms with Gasteiger partial charge in [-0.3, -0.25) is 4.98 Å². The standard InChI is InChI=1S/C24H29ClN4O2/c1-14(2)8-18-13-29(12-16-6-4-15(3)5-7-16)22-20(17-9-19(25)11-26-10-17)27-23(24(30)31)28-21(18)22/h9-11,13-16H,4-8,12H2,1-3H3,(H,30,31)/t15-,16-. The molecule has 1 N–H and O–H groups in total. The number of aromatic carboxylic acids is 1. The van der Waals surface area contributed by atoms with Crippen molar-refractivity contribution in [2.24, 2.45) is 17.8 Å². The molecule has 0 amide bonds. The minimum absolute atomic E-state index is 0.197. The molecule has 1 aliphatic carbocycles. The SMILES string of the molecule is CC(C)Cc1cn(C[C@H]2CC[C@H](C)CC2)c2c(-c3cncc(Cl)c3)nc(C(=O)O)nc12. The number of carbonyl (C=O) groups is 1. The smallest absolute Gasteiger partial charge is 0.373 e. The maximum Gasteiger partial charge on any atom is 0.373 e. The Kier molecular flexibility index (Phi) is 6.28. The van der Waals surface area contributed by atoms with E-state index in [4.69, 9.17) is 11.6 Å². The first-order chi connectivity index (χ1) is 14.8. The van der Waals surface area contributed by atoms with Crippen LogP contribution in [0.2, 0.25) is 5.02 Å². The highest BCUT2D eigenvalue weighted by atomic mass is 35.5. The van der Waals surface area contributed by atoms with Crippen LogP contribution in [0.15, 0.2) is 24.7 Å². The van der Waals surface area contributed by atoms with E-state index in [0.717, 1.165) is 35.5 Å². The molecule has 0 bridgehead atoms. The topological polar surface area (TPSA) is 80.9 Å². The Morgan fingerprint density at radius 2 is 1.97 bits per heavy atom. The van der Waals surface area contributed by atoms with Crippen LogP contribution in [0.5, 0.6) is 0 Å². The summed E-state index contributed by atoms with van der Waals surface area (Å²) in [5.74, 6) is 0.486. The van der Waals surface area contributed by atoms with E-state index in [9.17, 15) is 9.90 Å². The zero-order chi connectivity index (χ0) is 22.1. The normalized spacial score (nSPS) is 19.3. The maximum atomic E-state index is 11.8. The first kappa shape index (κ1) is 21.8. The Balaban J connectivity index is 1.90. The third-order valence-electron chi connectivity index (χ3n) is 6.18. The van der Waals surface area contributed by atoms with Gasteiger partial charge in [-0.2, -0.15) is 0 Å². The first-order valence-corrected chi connectivity index (χ1v) is 11.4. The van der Waals surface area contributed by atoms with E-state index < -0.39 is 5.97 Å². The van der Waals surface area contributed by atoms with Gasteiger partial charge in [0.2, 0.25) is 5.82 Å². The zero-order valence-electron chi connectivity index (χ0n) is 18.3. The van der Waals surface area contributed by atoms with E-state index in [-0.39, 0.29) is 5.82 Å². The lowest BCUT2D eigenvalue weighted by molar-refractivity contribution is 0.0684. The van der Waals surface area contributed by atoms with Crippen LogP contribution in [-0.4, -0.2) is 30.6 Å². The fourth-order valence-corrected chi connectivity index (χ4v) is 4.80. The molecule has 0 unspecified atom stereocenters. The molecule has 0 radical (unpaired) electrons. The molecule has 31 heavy (non-hydrogen) atoms. The predicted molar refractivity (Wildman–Crippen MR) is 122 cm³/mol. The molecule has 4 rings (SSSR count). The van der Waals surface area contributed by atoms with Gasteiger partial charge in [0.05, 0.1) is 16.1 Å². The largest absolute Gasteiger partial charge is 0.475 e. The summed E-state index contributed by atoms with van der Waals surface area (Å²) in [5, 5.41) is 10.2. The highest BCUT2D eigenvalue weighted by Gasteiger charge is 2.24. The molecular weight excluding hydrogens is 412 g/mol. The van der Waals surface area contributed by atoms with Crippen LogP contribution in [0.25, 0.3) is 22.3 Å². The third-order valence-corrected chi connectivity index (χ3v) is 6.38. The fraction of sp³-hybridized carbons (Fsp3) is 0.500. The molecule has 1 aliphatic rings. The second kappa shape index (κ2) is 8.95. The number of carboxylic acid groups (broad SMARTS) is 1. The van der Waals surface area contributed by atoms with Crippen molar-refractivity contribution in [1.29, 1.82) is 0 Å². The quantitative estimate of drug-likeness (QED) is 0.518. The van der Waals surface area contributed by atoms with E-state index >= 15 is 0 Å². The van der Waals surface area contributed by atoms with Gasteiger partial charge >= 0.3 is 5.97 Å². The van der Waals surface area contributed by atoms with Crippen LogP contribution in [0.4, 0.5) is 0 Å². The van der Waals surface area contributed by atoms with E-state index in [1.165, 1.54) is 25.7 Å². The Morgan fingerprint density at radius 1 is 1.23 bits per heavy atom. The molecule has 164 valence electrons. The number of fused-ring (bicyclic) bond motifs is 1. The second-order valence-corrected chi connectivity index (χ2v) is 9.76. The van der Waals surface area contributed by atoms with Crippen LogP contribution >= 0.6 is 11.6 Å². The molecule has 0 aliphatic heterocycles. The summed E-state index contributed by atoms with van der Waals surface area (Å²) in [7, 11) is 0. The van der Waals surface area contributed by atoms with Crippen LogP contribution in [0.3, 0.4) is 0 Å². The van der Waals surface area contributed by atoms with Gasteiger partial charge in [0.15, 0.2) is 0 Å². The number of halogens is 1. The zero-order valence-corrected chi connectivity index (χ0v) is 19.1. The maximum absolute atomic E-state index is 11.8. The van der Waals surface area contributed by atoms with Crippen molar-refractivity contribution in [3.8, 4) is 11.3 Å². The number of aromatic nitrogens is 4. The Bertz CT molecular complexity index is 1100. The molecule has 0 atom stereocenters. The molecule has 0 saturated heterocycles. The van der Waals surface area contributed by atoms with Crippen molar-refractivity contribution in [3.63, 3.8) is 0 Å². The number of pyridine rings is 1. The van der Waals surface area contributed by atoms with Crippen LogP contribution < -0.4 is 0 Å². The summed E-state index contributed by atoms with van der Waals surface area (Å²) in [6, 6.07) is 1.78. The van der Waals surface area contributed by atoms with Crippen molar-refractivity contribution in [3.05, 3.63) is 41.1 Å². The highest BCUT2D eigenvalue weighted by molar-refractivity contribution is 6.30. The molecule has 3 heterocycles. The lowest BCUT2D eigenvalue weighted by atomic mass is 9.83. The average molecular weight is 441 g/mol. The van der Waals surface area contributed by atoms with E-state index in [1.54, 1.807) is 18.5 Å². The van der Waals surface area contributed by atoms with Gasteiger partial charge in [-0.25, -0.2) is 14.8 Å². The summed E-state index contributed by atoms with van der Waals surface area (Å²) < 4.78 is 2.25. The van der Waals surface area contributed by atoms with E-state index in [2.05, 4.69) is 46.5 Å². The van der Waals surface area contributed by atoms with Gasteiger partial charge in [-0.15, -0.1) is 0 Å². The summed E-state index contributed by atoms with van der Waals surface area (Å²) in [6.07, 6.45) is 11.2. The Morgan fingerprint density at radius 3 is 2.61 bits per heavy atom. The van der Waals surface area contributed by atoms with Crippen molar-refractivity contribution < 1.29 is 9.90 Å². The third kappa shape index (κ3) is 4.74. The number of nitrogens with zero attached hydrogens (tertiary/aromatic N) is 4. The number of carboxylic acids is 1. The molecule has 7 heteroatoms. The van der Waals surface area contributed by atoms with Gasteiger partial charge in [-0.1, -0.05) is 45.2 Å². The summed E-state index contributed by atoms with van der Waals surface area (Å²) in [4.78, 5) is 24.9. The minimum atomic E-state index is -1.14. The van der Waals surface area contributed by atoms with Crippen molar-refractivity contribution in [1.82, 2.24) is 19.5 Å². The average Bonchev–Trinajstić information content (AvgIpc) is 3.05. The monoisotopic (exact) mass is 440 g/mol. The van der Waals surface area contributed by atoms with Gasteiger partial charge in [0, 0.05) is 30.7 Å². The van der Waals surface area contributed by atoms with Crippen LogP contribution in [0.1, 0.15) is 62.6 Å². The first-order valence-electron chi connectivity index (χ1n) is 11.1. The molecule has 3 aromatic rings. The molecule has 1 fully saturated rings. The van der Waals surface area contributed by atoms with E-state index in [1.807, 2.05) is 0 Å². The number of hydrogen-bond donors (Lipinski definition) is 1. The van der Waals surface area contributed by atoms with Crippen LogP contribution in [-0.2, 0) is 13.0 Å². The van der Waals surface area contributed by atoms with Crippen LogP contribution in [0, 0.1) is 17.8 Å². The summed E-state index contributed by atoms with van der Waals surface area (Å²) >= 11 is 6.20. The summed E-state index contributed by atoms with van der Waals surface area (Å²) in [6.45, 7) is 7.53. The van der Waals surface area contributed by atoms with Gasteiger partial charge in [0.25, 0.3) is 0 Å². The number of hydrogen-bond acceptors (Lipinski definition) is 4. The molecule has 1 saturated carbocycles. The van der Waals surface area contributed by atoms with Crippen molar-refractivity contribution in [2.45, 2.75) is 59.4 Å². The second-order valence-electron chi connectivity index (χ2n) is 9.32. The molecule has 0 spiro atoms. The van der Waals surface area contributed by atoms with Gasteiger partial charge in [-0.05, 0) is 48.6 Å². The van der Waals surface area contributed by atoms with Crippen molar-refractivity contribution in [2.75, 3.05) is 0 Å². The fourth-order valence-electron chi connectivity index (χ4n) is 4.63. The number of rotatable bonds is 6. The Hall–Kier alpha value is -2.47. The predicted octanol–water partition coefficient (Wildman–Crippen LogP) is 5.87. The minimum Gasteiger partial charge on any atom is -0.475 e.